The van der Waals surface area contributed by atoms with Gasteiger partial charge in [-0.1, -0.05) is 37.3 Å². The number of alkyl halides is 2. The molecule has 0 bridgehead atoms. The lowest BCUT2D eigenvalue weighted by atomic mass is 9.93. The van der Waals surface area contributed by atoms with E-state index in [1.54, 1.807) is 17.6 Å². The molecule has 3 aromatic carbocycles. The highest BCUT2D eigenvalue weighted by Gasteiger charge is 2.30. The van der Waals surface area contributed by atoms with Crippen molar-refractivity contribution in [1.82, 2.24) is 10.4 Å². The smallest absolute Gasteiger partial charge is 0.304 e. The number of methoxy groups -OCH3 is 1. The van der Waals surface area contributed by atoms with Crippen molar-refractivity contribution < 1.29 is 37.8 Å². The van der Waals surface area contributed by atoms with E-state index in [1.807, 2.05) is 32.0 Å². The van der Waals surface area contributed by atoms with Crippen molar-refractivity contribution in [1.29, 1.82) is 0 Å². The maximum atomic E-state index is 14.2. The van der Waals surface area contributed by atoms with E-state index in [0.717, 1.165) is 34.6 Å². The Bertz CT molecular complexity index is 1530. The number of esters is 1. The molecule has 0 saturated heterocycles. The number of nitrogens with one attached hydrogen (secondary N) is 2. The number of benzene rings is 3. The summed E-state index contributed by atoms with van der Waals surface area (Å²) in [6.07, 6.45) is -0.434. The van der Waals surface area contributed by atoms with Crippen LogP contribution in [0.15, 0.2) is 72.1 Å². The molecular weight excluding hydrogens is 560 g/mol. The Morgan fingerprint density at radius 3 is 2.21 bits per heavy atom. The number of nitrogens with zero attached hydrogens (tertiary/aromatic N) is 1. The third-order valence-electron chi connectivity index (χ3n) is 6.93. The molecule has 0 aliphatic carbocycles. The molecule has 0 heterocycles. The molecule has 43 heavy (non-hydrogen) atoms. The number of hydrogen-bond acceptors (Lipinski definition) is 7. The first-order valence-electron chi connectivity index (χ1n) is 13.4. The van der Waals surface area contributed by atoms with Gasteiger partial charge in [-0.05, 0) is 67.8 Å². The van der Waals surface area contributed by atoms with Crippen LogP contribution in [-0.2, 0) is 20.2 Å². The van der Waals surface area contributed by atoms with E-state index in [4.69, 9.17) is 9.47 Å². The van der Waals surface area contributed by atoms with E-state index >= 15 is 0 Å². The fourth-order valence-corrected chi connectivity index (χ4v) is 4.55. The standard InChI is InChI=1S/C32H35F2N3O6/c1-7-32(33,34)24-12-9-13-25(17-24)35-30(39)29(36-41)21(4)37(18-43-22(5)38)31(40)23-14-15-27(42-6)26(16-23)28-19(2)10-8-11-20(28)3/h8-17,36,41H,7,18H2,1-6H3,(H,35,39)/b29-21-. The Morgan fingerprint density at radius 1 is 0.977 bits per heavy atom. The van der Waals surface area contributed by atoms with E-state index < -0.39 is 42.6 Å². The number of anilines is 1. The first-order valence-corrected chi connectivity index (χ1v) is 13.4. The van der Waals surface area contributed by atoms with Gasteiger partial charge in [0.15, 0.2) is 6.73 Å². The van der Waals surface area contributed by atoms with Crippen LogP contribution in [0.4, 0.5) is 14.5 Å². The summed E-state index contributed by atoms with van der Waals surface area (Å²) in [5.41, 5.74) is 4.58. The SMILES string of the molecule is CCC(F)(F)c1cccc(NC(=O)/C(NO)=C(\C)N(COC(C)=O)C(=O)c2ccc(OC)c(-c3c(C)cccc3C)c2)c1. The molecule has 0 aliphatic rings. The molecule has 0 radical (unpaired) electrons. The van der Waals surface area contributed by atoms with Gasteiger partial charge in [-0.15, -0.1) is 0 Å². The monoisotopic (exact) mass is 595 g/mol. The number of rotatable bonds is 11. The molecular formula is C32H35F2N3O6. The van der Waals surface area contributed by atoms with Crippen molar-refractivity contribution in [2.45, 2.75) is 47.0 Å². The minimum Gasteiger partial charge on any atom is -0.496 e. The van der Waals surface area contributed by atoms with Crippen molar-refractivity contribution in [3.8, 4) is 16.9 Å². The van der Waals surface area contributed by atoms with Crippen molar-refractivity contribution in [2.75, 3.05) is 19.2 Å². The largest absolute Gasteiger partial charge is 0.496 e. The fraction of sp³-hybridized carbons (Fsp3) is 0.281. The first kappa shape index (κ1) is 32.7. The van der Waals surface area contributed by atoms with Gasteiger partial charge >= 0.3 is 5.97 Å². The van der Waals surface area contributed by atoms with Crippen molar-refractivity contribution in [2.24, 2.45) is 0 Å². The first-order chi connectivity index (χ1) is 20.3. The molecule has 3 aromatic rings. The highest BCUT2D eigenvalue weighted by molar-refractivity contribution is 6.05. The summed E-state index contributed by atoms with van der Waals surface area (Å²) in [7, 11) is 1.52. The van der Waals surface area contributed by atoms with Crippen molar-refractivity contribution in [3.63, 3.8) is 0 Å². The molecule has 0 aliphatic heterocycles. The normalized spacial score (nSPS) is 11.7. The number of hydroxylamine groups is 1. The van der Waals surface area contributed by atoms with Gasteiger partial charge < -0.3 is 14.8 Å². The second-order valence-corrected chi connectivity index (χ2v) is 9.85. The molecule has 11 heteroatoms. The van der Waals surface area contributed by atoms with Gasteiger partial charge in [0.2, 0.25) is 0 Å². The molecule has 0 spiro atoms. The lowest BCUT2D eigenvalue weighted by molar-refractivity contribution is -0.143. The average molecular weight is 596 g/mol. The van der Waals surface area contributed by atoms with Crippen LogP contribution in [0, 0.1) is 13.8 Å². The molecule has 0 unspecified atom stereocenters. The van der Waals surface area contributed by atoms with Gasteiger partial charge in [0.25, 0.3) is 17.7 Å². The summed E-state index contributed by atoms with van der Waals surface area (Å²) < 4.78 is 39.1. The molecule has 9 nitrogen and oxygen atoms in total. The van der Waals surface area contributed by atoms with Gasteiger partial charge in [0.1, 0.15) is 11.4 Å². The van der Waals surface area contributed by atoms with Crippen LogP contribution in [0.3, 0.4) is 0 Å². The minimum absolute atomic E-state index is 0.0439. The average Bonchev–Trinajstić information content (AvgIpc) is 2.97. The number of halogens is 2. The van der Waals surface area contributed by atoms with Crippen LogP contribution in [0.1, 0.15) is 54.2 Å². The van der Waals surface area contributed by atoms with Gasteiger partial charge in [0, 0.05) is 35.7 Å². The minimum atomic E-state index is -3.11. The van der Waals surface area contributed by atoms with Gasteiger partial charge in [-0.3, -0.25) is 30.0 Å². The zero-order valence-corrected chi connectivity index (χ0v) is 24.9. The Labute approximate surface area is 249 Å². The highest BCUT2D eigenvalue weighted by atomic mass is 19.3. The van der Waals surface area contributed by atoms with Gasteiger partial charge in [0.05, 0.1) is 12.8 Å². The number of aryl methyl sites for hydroxylation is 2. The van der Waals surface area contributed by atoms with Gasteiger partial charge in [-0.25, -0.2) is 8.78 Å². The number of hydrogen-bond donors (Lipinski definition) is 3. The summed E-state index contributed by atoms with van der Waals surface area (Å²) in [6.45, 7) is 7.15. The number of carbonyl (C=O) groups is 3. The lowest BCUT2D eigenvalue weighted by Crippen LogP contribution is -2.37. The van der Waals surface area contributed by atoms with Gasteiger partial charge in [-0.2, -0.15) is 0 Å². The van der Waals surface area contributed by atoms with Crippen LogP contribution < -0.4 is 15.5 Å². The molecule has 3 rings (SSSR count). The summed E-state index contributed by atoms with van der Waals surface area (Å²) in [5, 5.41) is 12.4. The van der Waals surface area contributed by atoms with Crippen molar-refractivity contribution >= 4 is 23.5 Å². The van der Waals surface area contributed by atoms with E-state index in [2.05, 4.69) is 5.32 Å². The molecule has 0 fully saturated rings. The maximum absolute atomic E-state index is 14.2. The number of carbonyl (C=O) groups excluding carboxylic acids is 3. The second kappa shape index (κ2) is 13.9. The van der Waals surface area contributed by atoms with E-state index in [1.165, 1.54) is 45.2 Å². The topological polar surface area (TPSA) is 117 Å². The van der Waals surface area contributed by atoms with Crippen LogP contribution >= 0.6 is 0 Å². The maximum Gasteiger partial charge on any atom is 0.304 e. The van der Waals surface area contributed by atoms with Crippen LogP contribution in [0.2, 0.25) is 0 Å². The molecule has 228 valence electrons. The zero-order valence-electron chi connectivity index (χ0n) is 24.9. The Kier molecular flexibility index (Phi) is 10.6. The summed E-state index contributed by atoms with van der Waals surface area (Å²) >= 11 is 0. The van der Waals surface area contributed by atoms with Crippen LogP contribution in [0.25, 0.3) is 11.1 Å². The fourth-order valence-electron chi connectivity index (χ4n) is 4.55. The quantitative estimate of drug-likeness (QED) is 0.103. The Hall–Kier alpha value is -4.77. The molecule has 3 N–H and O–H groups in total. The number of amides is 2. The lowest BCUT2D eigenvalue weighted by Gasteiger charge is -2.25. The second-order valence-electron chi connectivity index (χ2n) is 9.85. The zero-order chi connectivity index (χ0) is 31.9. The summed E-state index contributed by atoms with van der Waals surface area (Å²) in [5.74, 6) is -4.84. The third kappa shape index (κ3) is 7.55. The summed E-state index contributed by atoms with van der Waals surface area (Å²) in [6, 6.07) is 15.7. The molecule has 2 amide bonds. The predicted molar refractivity (Wildman–Crippen MR) is 158 cm³/mol. The van der Waals surface area contributed by atoms with E-state index in [0.29, 0.717) is 11.3 Å². The Balaban J connectivity index is 2.05. The van der Waals surface area contributed by atoms with E-state index in [9.17, 15) is 28.4 Å². The summed E-state index contributed by atoms with van der Waals surface area (Å²) in [4.78, 5) is 39.7. The highest BCUT2D eigenvalue weighted by Crippen LogP contribution is 2.36. The Morgan fingerprint density at radius 2 is 1.63 bits per heavy atom. The molecule has 0 atom stereocenters. The molecule has 0 saturated carbocycles. The predicted octanol–water partition coefficient (Wildman–Crippen LogP) is 6.29. The van der Waals surface area contributed by atoms with Crippen molar-refractivity contribution in [3.05, 3.63) is 94.3 Å². The molecule has 0 aromatic heterocycles. The van der Waals surface area contributed by atoms with Crippen LogP contribution in [0.5, 0.6) is 5.75 Å². The van der Waals surface area contributed by atoms with E-state index in [-0.39, 0.29) is 22.5 Å². The number of ether oxygens (including phenoxy) is 2. The number of allylic oxidation sites excluding steroid dienone is 1. The van der Waals surface area contributed by atoms with Crippen LogP contribution in [-0.4, -0.2) is 41.7 Å². The third-order valence-corrected chi connectivity index (χ3v) is 6.93.